The predicted octanol–water partition coefficient (Wildman–Crippen LogP) is 1.38. The summed E-state index contributed by atoms with van der Waals surface area (Å²) in [6, 6.07) is 1.43. The quantitative estimate of drug-likeness (QED) is 0.673. The van der Waals surface area contributed by atoms with Crippen molar-refractivity contribution < 1.29 is 14.8 Å². The predicted molar refractivity (Wildman–Crippen MR) is 76.1 cm³/mol. The highest BCUT2D eigenvalue weighted by molar-refractivity contribution is 7.16. The molecule has 0 saturated carbocycles. The van der Waals surface area contributed by atoms with E-state index in [1.807, 2.05) is 4.90 Å². The number of nitro groups is 1. The highest BCUT2D eigenvalue weighted by Gasteiger charge is 2.28. The Balaban J connectivity index is 2.20. The van der Waals surface area contributed by atoms with Gasteiger partial charge in [0, 0.05) is 44.0 Å². The monoisotopic (exact) mass is 299 g/mol. The molecular weight excluding hydrogens is 282 g/mol. The van der Waals surface area contributed by atoms with Crippen LogP contribution in [-0.2, 0) is 4.79 Å². The maximum Gasteiger partial charge on any atom is 0.304 e. The molecule has 1 aromatic rings. The van der Waals surface area contributed by atoms with Crippen molar-refractivity contribution in [2.75, 3.05) is 31.1 Å². The van der Waals surface area contributed by atoms with Crippen LogP contribution in [0, 0.1) is 10.1 Å². The summed E-state index contributed by atoms with van der Waals surface area (Å²) in [6.45, 7) is 5.38. The topological polar surface area (TPSA) is 86.9 Å². The normalized spacial score (nSPS) is 17.1. The van der Waals surface area contributed by atoms with Crippen LogP contribution in [-0.4, -0.2) is 47.0 Å². The van der Waals surface area contributed by atoms with Crippen LogP contribution < -0.4 is 4.90 Å². The SMILES string of the molecule is CC(=O)N1CCN(c2sc([C@H](C)O)cc2[N+](=O)[O-])CC1. The molecule has 0 bridgehead atoms. The van der Waals surface area contributed by atoms with E-state index >= 15 is 0 Å². The average molecular weight is 299 g/mol. The molecule has 1 saturated heterocycles. The van der Waals surface area contributed by atoms with Crippen molar-refractivity contribution >= 4 is 27.9 Å². The Kier molecular flexibility index (Phi) is 4.24. The summed E-state index contributed by atoms with van der Waals surface area (Å²) in [5.41, 5.74) is 0.0298. The summed E-state index contributed by atoms with van der Waals surface area (Å²) in [5, 5.41) is 21.2. The van der Waals surface area contributed by atoms with E-state index in [4.69, 9.17) is 0 Å². The van der Waals surface area contributed by atoms with E-state index < -0.39 is 11.0 Å². The largest absolute Gasteiger partial charge is 0.388 e. The lowest BCUT2D eigenvalue weighted by Gasteiger charge is -2.34. The zero-order chi connectivity index (χ0) is 14.9. The Labute approximate surface area is 120 Å². The minimum atomic E-state index is -0.717. The molecule has 2 rings (SSSR count). The molecule has 1 N–H and O–H groups in total. The van der Waals surface area contributed by atoms with Crippen molar-refractivity contribution in [2.45, 2.75) is 20.0 Å². The molecule has 0 radical (unpaired) electrons. The molecule has 0 unspecified atom stereocenters. The van der Waals surface area contributed by atoms with Gasteiger partial charge in [-0.1, -0.05) is 0 Å². The number of hydrogen-bond acceptors (Lipinski definition) is 6. The first-order chi connectivity index (χ1) is 9.40. The highest BCUT2D eigenvalue weighted by Crippen LogP contribution is 2.40. The van der Waals surface area contributed by atoms with Crippen LogP contribution in [0.2, 0.25) is 0 Å². The van der Waals surface area contributed by atoms with E-state index in [2.05, 4.69) is 0 Å². The van der Waals surface area contributed by atoms with Gasteiger partial charge in [-0.15, -0.1) is 11.3 Å². The van der Waals surface area contributed by atoms with Crippen molar-refractivity contribution in [3.8, 4) is 0 Å². The van der Waals surface area contributed by atoms with Crippen molar-refractivity contribution in [1.82, 2.24) is 4.90 Å². The van der Waals surface area contributed by atoms with Crippen molar-refractivity contribution in [2.24, 2.45) is 0 Å². The molecule has 0 aromatic carbocycles. The molecule has 20 heavy (non-hydrogen) atoms. The Morgan fingerprint density at radius 1 is 1.45 bits per heavy atom. The molecule has 1 atom stereocenters. The number of rotatable bonds is 3. The molecule has 2 heterocycles. The third-order valence-corrected chi connectivity index (χ3v) is 4.69. The van der Waals surface area contributed by atoms with Gasteiger partial charge in [0.15, 0.2) is 5.00 Å². The first kappa shape index (κ1) is 14.7. The van der Waals surface area contributed by atoms with Crippen molar-refractivity contribution in [3.05, 3.63) is 21.1 Å². The average Bonchev–Trinajstić information content (AvgIpc) is 2.84. The molecule has 0 spiro atoms. The number of aliphatic hydroxyl groups excluding tert-OH is 1. The molecule has 110 valence electrons. The zero-order valence-electron chi connectivity index (χ0n) is 11.4. The molecular formula is C12H17N3O4S. The summed E-state index contributed by atoms with van der Waals surface area (Å²) >= 11 is 1.24. The number of amides is 1. The van der Waals surface area contributed by atoms with Crippen molar-refractivity contribution in [3.63, 3.8) is 0 Å². The Morgan fingerprint density at radius 2 is 2.05 bits per heavy atom. The molecule has 0 aliphatic carbocycles. The van der Waals surface area contributed by atoms with Crippen LogP contribution in [0.1, 0.15) is 24.8 Å². The summed E-state index contributed by atoms with van der Waals surface area (Å²) in [7, 11) is 0. The first-order valence-electron chi connectivity index (χ1n) is 6.36. The number of hydrogen-bond donors (Lipinski definition) is 1. The third-order valence-electron chi connectivity index (χ3n) is 3.33. The summed E-state index contributed by atoms with van der Waals surface area (Å²) < 4.78 is 0. The van der Waals surface area contributed by atoms with Gasteiger partial charge >= 0.3 is 5.69 Å². The van der Waals surface area contributed by atoms with Gasteiger partial charge in [-0.05, 0) is 6.92 Å². The molecule has 1 aromatic heterocycles. The molecule has 1 amide bonds. The fourth-order valence-corrected chi connectivity index (χ4v) is 3.29. The Bertz CT molecular complexity index is 521. The zero-order valence-corrected chi connectivity index (χ0v) is 12.2. The second-order valence-electron chi connectivity index (χ2n) is 4.77. The van der Waals surface area contributed by atoms with E-state index in [0.717, 1.165) is 0 Å². The molecule has 1 aliphatic heterocycles. The van der Waals surface area contributed by atoms with Gasteiger partial charge in [-0.2, -0.15) is 0 Å². The second kappa shape index (κ2) is 5.76. The van der Waals surface area contributed by atoms with Crippen LogP contribution in [0.25, 0.3) is 0 Å². The molecule has 7 nitrogen and oxygen atoms in total. The molecule has 1 aliphatic rings. The summed E-state index contributed by atoms with van der Waals surface area (Å²) in [6.07, 6.45) is -0.717. The van der Waals surface area contributed by atoms with E-state index in [1.54, 1.807) is 11.8 Å². The number of thiophene rings is 1. The number of piperazine rings is 1. The second-order valence-corrected chi connectivity index (χ2v) is 5.83. The van der Waals surface area contributed by atoms with Gasteiger partial charge in [0.05, 0.1) is 11.0 Å². The fraction of sp³-hybridized carbons (Fsp3) is 0.583. The van der Waals surface area contributed by atoms with Gasteiger partial charge < -0.3 is 14.9 Å². The number of nitrogens with zero attached hydrogens (tertiary/aromatic N) is 3. The molecule has 1 fully saturated rings. The lowest BCUT2D eigenvalue weighted by Crippen LogP contribution is -2.48. The highest BCUT2D eigenvalue weighted by atomic mass is 32.1. The Hall–Kier alpha value is -1.67. The van der Waals surface area contributed by atoms with Crippen LogP contribution in [0.4, 0.5) is 10.7 Å². The first-order valence-corrected chi connectivity index (χ1v) is 7.18. The Morgan fingerprint density at radius 3 is 2.50 bits per heavy atom. The van der Waals surface area contributed by atoms with Crippen LogP contribution in [0.3, 0.4) is 0 Å². The number of carbonyl (C=O) groups is 1. The van der Waals surface area contributed by atoms with Gasteiger partial charge in [0.2, 0.25) is 5.91 Å². The van der Waals surface area contributed by atoms with Gasteiger partial charge in [-0.25, -0.2) is 0 Å². The van der Waals surface area contributed by atoms with Gasteiger partial charge in [-0.3, -0.25) is 14.9 Å². The third kappa shape index (κ3) is 2.91. The number of carbonyl (C=O) groups excluding carboxylic acids is 1. The van der Waals surface area contributed by atoms with E-state index in [0.29, 0.717) is 36.1 Å². The fourth-order valence-electron chi connectivity index (χ4n) is 2.18. The van der Waals surface area contributed by atoms with Crippen LogP contribution in [0.5, 0.6) is 0 Å². The summed E-state index contributed by atoms with van der Waals surface area (Å²) in [4.78, 5) is 26.2. The van der Waals surface area contributed by atoms with Gasteiger partial charge in [0.1, 0.15) is 0 Å². The van der Waals surface area contributed by atoms with E-state index in [1.165, 1.54) is 24.3 Å². The van der Waals surface area contributed by atoms with E-state index in [-0.39, 0.29) is 11.6 Å². The van der Waals surface area contributed by atoms with Crippen molar-refractivity contribution in [1.29, 1.82) is 0 Å². The minimum Gasteiger partial charge on any atom is -0.388 e. The maximum absolute atomic E-state index is 11.3. The van der Waals surface area contributed by atoms with E-state index in [9.17, 15) is 20.0 Å². The maximum atomic E-state index is 11.3. The minimum absolute atomic E-state index is 0.0231. The van der Waals surface area contributed by atoms with Gasteiger partial charge in [0.25, 0.3) is 0 Å². The van der Waals surface area contributed by atoms with Crippen LogP contribution in [0.15, 0.2) is 6.07 Å². The summed E-state index contributed by atoms with van der Waals surface area (Å²) in [5.74, 6) is 0.0231. The standard InChI is InChI=1S/C12H17N3O4S/c1-8(16)11-7-10(15(18)19)12(20-11)14-5-3-13(4-6-14)9(2)17/h7-8,16H,3-6H2,1-2H3/t8-/m0/s1. The lowest BCUT2D eigenvalue weighted by molar-refractivity contribution is -0.383. The number of anilines is 1. The smallest absolute Gasteiger partial charge is 0.304 e. The lowest BCUT2D eigenvalue weighted by atomic mass is 10.3. The number of aliphatic hydroxyl groups is 1. The molecule has 8 heteroatoms. The van der Waals surface area contributed by atoms with Crippen LogP contribution >= 0.6 is 11.3 Å².